The van der Waals surface area contributed by atoms with Gasteiger partial charge in [-0.05, 0) is 50.0 Å². The maximum atomic E-state index is 6.62. The van der Waals surface area contributed by atoms with Crippen LogP contribution in [0.3, 0.4) is 0 Å². The van der Waals surface area contributed by atoms with E-state index in [9.17, 15) is 0 Å². The van der Waals surface area contributed by atoms with E-state index in [1.165, 1.54) is 5.56 Å². The standard InChI is InChI=1S/C17H29ClN2/c1-5-17(6-2,20(7-3)8-4)16(19)13-14-9-11-15(18)12-10-14/h9-12,16H,5-8,13,19H2,1-4H3. The van der Waals surface area contributed by atoms with Crippen molar-refractivity contribution in [1.29, 1.82) is 0 Å². The summed E-state index contributed by atoms with van der Waals surface area (Å²) >= 11 is 5.95. The molecule has 0 aliphatic carbocycles. The lowest BCUT2D eigenvalue weighted by molar-refractivity contribution is 0.0628. The normalized spacial score (nSPS) is 13.8. The van der Waals surface area contributed by atoms with Gasteiger partial charge in [0.1, 0.15) is 0 Å². The zero-order chi connectivity index (χ0) is 15.2. The molecule has 3 heteroatoms. The minimum atomic E-state index is 0.0864. The van der Waals surface area contributed by atoms with Crippen molar-refractivity contribution >= 4 is 11.6 Å². The van der Waals surface area contributed by atoms with Crippen molar-refractivity contribution in [3.8, 4) is 0 Å². The van der Waals surface area contributed by atoms with E-state index in [1.54, 1.807) is 0 Å². The minimum absolute atomic E-state index is 0.0864. The molecule has 0 aliphatic heterocycles. The zero-order valence-corrected chi connectivity index (χ0v) is 14.1. The summed E-state index contributed by atoms with van der Waals surface area (Å²) in [6.07, 6.45) is 3.06. The van der Waals surface area contributed by atoms with E-state index < -0.39 is 0 Å². The van der Waals surface area contributed by atoms with Crippen LogP contribution >= 0.6 is 11.6 Å². The van der Waals surface area contributed by atoms with E-state index in [0.29, 0.717) is 0 Å². The molecule has 0 heterocycles. The second kappa shape index (κ2) is 8.02. The van der Waals surface area contributed by atoms with Gasteiger partial charge >= 0.3 is 0 Å². The fourth-order valence-corrected chi connectivity index (χ4v) is 3.50. The Morgan fingerprint density at radius 3 is 1.95 bits per heavy atom. The molecule has 1 atom stereocenters. The molecule has 0 saturated heterocycles. The molecule has 0 fully saturated rings. The average Bonchev–Trinajstić information content (AvgIpc) is 2.47. The molecule has 2 nitrogen and oxygen atoms in total. The molecule has 1 unspecified atom stereocenters. The van der Waals surface area contributed by atoms with Gasteiger partial charge in [-0.25, -0.2) is 0 Å². The minimum Gasteiger partial charge on any atom is -0.326 e. The molecular formula is C17H29ClN2. The van der Waals surface area contributed by atoms with Gasteiger partial charge in [0.2, 0.25) is 0 Å². The van der Waals surface area contributed by atoms with Crippen molar-refractivity contribution in [3.63, 3.8) is 0 Å². The fraction of sp³-hybridized carbons (Fsp3) is 0.647. The van der Waals surface area contributed by atoms with Gasteiger partial charge < -0.3 is 5.73 Å². The third kappa shape index (κ3) is 3.75. The van der Waals surface area contributed by atoms with Crippen LogP contribution in [0.5, 0.6) is 0 Å². The van der Waals surface area contributed by atoms with Gasteiger partial charge in [0, 0.05) is 16.6 Å². The molecule has 1 rings (SSSR count). The smallest absolute Gasteiger partial charge is 0.0406 e. The largest absolute Gasteiger partial charge is 0.326 e. The lowest BCUT2D eigenvalue weighted by atomic mass is 9.80. The van der Waals surface area contributed by atoms with Gasteiger partial charge in [-0.1, -0.05) is 51.4 Å². The van der Waals surface area contributed by atoms with E-state index in [0.717, 1.165) is 37.4 Å². The number of hydrogen-bond acceptors (Lipinski definition) is 2. The van der Waals surface area contributed by atoms with Crippen LogP contribution in [0.25, 0.3) is 0 Å². The lowest BCUT2D eigenvalue weighted by Gasteiger charge is -2.46. The van der Waals surface area contributed by atoms with E-state index in [-0.39, 0.29) is 11.6 Å². The van der Waals surface area contributed by atoms with Crippen molar-refractivity contribution in [2.24, 2.45) is 5.73 Å². The summed E-state index contributed by atoms with van der Waals surface area (Å²) in [6, 6.07) is 8.20. The monoisotopic (exact) mass is 296 g/mol. The number of likely N-dealkylation sites (N-methyl/N-ethyl adjacent to an activating group) is 1. The third-order valence-electron chi connectivity index (χ3n) is 4.68. The number of halogens is 1. The quantitative estimate of drug-likeness (QED) is 0.782. The van der Waals surface area contributed by atoms with Crippen molar-refractivity contribution in [2.75, 3.05) is 13.1 Å². The first-order valence-corrected chi connectivity index (χ1v) is 8.16. The van der Waals surface area contributed by atoms with Gasteiger partial charge in [0.05, 0.1) is 0 Å². The van der Waals surface area contributed by atoms with Crippen LogP contribution in [0, 0.1) is 0 Å². The Bertz CT molecular complexity index is 380. The highest BCUT2D eigenvalue weighted by molar-refractivity contribution is 6.30. The number of nitrogens with two attached hydrogens (primary N) is 1. The van der Waals surface area contributed by atoms with E-state index in [1.807, 2.05) is 12.1 Å². The molecule has 0 amide bonds. The van der Waals surface area contributed by atoms with Crippen LogP contribution in [0.2, 0.25) is 5.02 Å². The van der Waals surface area contributed by atoms with Gasteiger partial charge in [0.15, 0.2) is 0 Å². The topological polar surface area (TPSA) is 29.3 Å². The van der Waals surface area contributed by atoms with Crippen molar-refractivity contribution in [3.05, 3.63) is 34.9 Å². The summed E-state index contributed by atoms with van der Waals surface area (Å²) in [5.41, 5.74) is 7.97. The Hall–Kier alpha value is -0.570. The van der Waals surface area contributed by atoms with Gasteiger partial charge in [-0.15, -0.1) is 0 Å². The average molecular weight is 297 g/mol. The number of nitrogens with zero attached hydrogens (tertiary/aromatic N) is 1. The highest BCUT2D eigenvalue weighted by Crippen LogP contribution is 2.29. The number of hydrogen-bond donors (Lipinski definition) is 1. The Labute approximate surface area is 129 Å². The molecular weight excluding hydrogens is 268 g/mol. The molecule has 1 aromatic carbocycles. The van der Waals surface area contributed by atoms with E-state index >= 15 is 0 Å². The maximum Gasteiger partial charge on any atom is 0.0406 e. The van der Waals surface area contributed by atoms with Gasteiger partial charge in [-0.3, -0.25) is 4.90 Å². The first-order chi connectivity index (χ1) is 9.53. The number of benzene rings is 1. The van der Waals surface area contributed by atoms with Crippen LogP contribution in [-0.2, 0) is 6.42 Å². The maximum absolute atomic E-state index is 6.62. The summed E-state index contributed by atoms with van der Waals surface area (Å²) in [5.74, 6) is 0. The summed E-state index contributed by atoms with van der Waals surface area (Å²) in [6.45, 7) is 11.0. The molecule has 0 bridgehead atoms. The molecule has 2 N–H and O–H groups in total. The van der Waals surface area contributed by atoms with Crippen LogP contribution in [0.1, 0.15) is 46.1 Å². The van der Waals surface area contributed by atoms with Crippen LogP contribution in [0.15, 0.2) is 24.3 Å². The summed E-state index contributed by atoms with van der Waals surface area (Å²) in [4.78, 5) is 2.52. The van der Waals surface area contributed by atoms with E-state index in [2.05, 4.69) is 44.7 Å². The molecule has 0 spiro atoms. The van der Waals surface area contributed by atoms with Crippen molar-refractivity contribution in [2.45, 2.75) is 58.5 Å². The number of rotatable bonds is 8. The highest BCUT2D eigenvalue weighted by atomic mass is 35.5. The molecule has 114 valence electrons. The Morgan fingerprint density at radius 2 is 1.55 bits per heavy atom. The second-order valence-electron chi connectivity index (χ2n) is 5.42. The van der Waals surface area contributed by atoms with Crippen molar-refractivity contribution in [1.82, 2.24) is 4.90 Å². The Kier molecular flexibility index (Phi) is 7.01. The first kappa shape index (κ1) is 17.5. The summed E-state index contributed by atoms with van der Waals surface area (Å²) in [7, 11) is 0. The van der Waals surface area contributed by atoms with E-state index in [4.69, 9.17) is 17.3 Å². The predicted molar refractivity (Wildman–Crippen MR) is 89.4 cm³/mol. The van der Waals surface area contributed by atoms with Crippen LogP contribution in [0.4, 0.5) is 0 Å². The molecule has 0 saturated carbocycles. The predicted octanol–water partition coefficient (Wildman–Crippen LogP) is 4.11. The van der Waals surface area contributed by atoms with Gasteiger partial charge in [-0.2, -0.15) is 0 Å². The highest BCUT2D eigenvalue weighted by Gasteiger charge is 2.37. The molecule has 1 aromatic rings. The zero-order valence-electron chi connectivity index (χ0n) is 13.3. The first-order valence-electron chi connectivity index (χ1n) is 7.79. The Balaban J connectivity index is 2.93. The molecule has 0 aliphatic rings. The van der Waals surface area contributed by atoms with Crippen LogP contribution in [-0.4, -0.2) is 29.6 Å². The molecule has 0 aromatic heterocycles. The Morgan fingerprint density at radius 1 is 1.05 bits per heavy atom. The molecule has 0 radical (unpaired) electrons. The summed E-state index contributed by atoms with van der Waals surface area (Å²) < 4.78 is 0. The fourth-order valence-electron chi connectivity index (χ4n) is 3.37. The van der Waals surface area contributed by atoms with Crippen LogP contribution < -0.4 is 5.73 Å². The third-order valence-corrected chi connectivity index (χ3v) is 4.93. The van der Waals surface area contributed by atoms with Crippen molar-refractivity contribution < 1.29 is 0 Å². The van der Waals surface area contributed by atoms with Gasteiger partial charge in [0.25, 0.3) is 0 Å². The molecule has 20 heavy (non-hydrogen) atoms. The second-order valence-corrected chi connectivity index (χ2v) is 5.86. The SMILES string of the molecule is CCN(CC)C(CC)(CC)C(N)Cc1ccc(Cl)cc1. The lowest BCUT2D eigenvalue weighted by Crippen LogP contribution is -2.60. The summed E-state index contributed by atoms with van der Waals surface area (Å²) in [5, 5.41) is 0.781.